The number of azide groups is 1. The molecule has 6 rings (SSSR count). The van der Waals surface area contributed by atoms with E-state index in [1.165, 1.54) is 0 Å². The number of fused-ring (bicyclic) bond motifs is 1. The normalized spacial score (nSPS) is 15.7. The number of aromatic nitrogens is 7. The molecule has 2 amide bonds. The monoisotopic (exact) mass is 606 g/mol. The maximum atomic E-state index is 12.9. The number of piperazine rings is 1. The van der Waals surface area contributed by atoms with Gasteiger partial charge in [-0.3, -0.25) is 10.3 Å². The molecule has 230 valence electrons. The smallest absolute Gasteiger partial charge is 0.317 e. The molecule has 45 heavy (non-hydrogen) atoms. The van der Waals surface area contributed by atoms with Gasteiger partial charge in [-0.05, 0) is 16.7 Å². The van der Waals surface area contributed by atoms with Crippen molar-refractivity contribution in [3.63, 3.8) is 0 Å². The maximum absolute atomic E-state index is 12.9. The van der Waals surface area contributed by atoms with Crippen molar-refractivity contribution in [3.8, 4) is 0 Å². The topological polar surface area (TPSA) is 185 Å². The number of rotatable bonds is 10. The largest absolute Gasteiger partial charge is 0.340 e. The maximum Gasteiger partial charge on any atom is 0.317 e. The molecule has 0 saturated carbocycles. The zero-order chi connectivity index (χ0) is 31.2. The number of hydrogen-bond acceptors (Lipinski definition) is 8. The van der Waals surface area contributed by atoms with Crippen molar-refractivity contribution in [3.05, 3.63) is 112 Å². The van der Waals surface area contributed by atoms with E-state index >= 15 is 0 Å². The molecule has 4 heterocycles. The third-order valence-electron chi connectivity index (χ3n) is 8.00. The number of imidazole rings is 1. The molecule has 1 saturated heterocycles. The van der Waals surface area contributed by atoms with E-state index in [9.17, 15) is 4.79 Å². The number of aromatic amines is 1. The average molecular weight is 607 g/mol. The molecular weight excluding hydrogens is 572 g/mol. The minimum absolute atomic E-state index is 0.103. The SMILES string of the molecule is C[C@H](CNC(=O)N1CCN([C@@H](c2ccccc2)C(c2ccccc2)n2cc(Cn3cnc(=N)c4[nH]cnc43)nn2)CC1)N=[N+]=[N-]. The van der Waals surface area contributed by atoms with Crippen molar-refractivity contribution < 1.29 is 4.79 Å². The van der Waals surface area contributed by atoms with Gasteiger partial charge in [0.1, 0.15) is 11.2 Å². The third-order valence-corrected chi connectivity index (χ3v) is 8.00. The predicted molar refractivity (Wildman–Crippen MR) is 166 cm³/mol. The Hall–Kier alpha value is -5.53. The van der Waals surface area contributed by atoms with Crippen LogP contribution in [0.2, 0.25) is 0 Å². The van der Waals surface area contributed by atoms with Crippen molar-refractivity contribution in [1.82, 2.24) is 49.6 Å². The van der Waals surface area contributed by atoms with Gasteiger partial charge in [-0.2, -0.15) is 0 Å². The van der Waals surface area contributed by atoms with Gasteiger partial charge >= 0.3 is 6.03 Å². The van der Waals surface area contributed by atoms with E-state index in [1.54, 1.807) is 24.5 Å². The van der Waals surface area contributed by atoms with Crippen LogP contribution in [0, 0.1) is 5.41 Å². The summed E-state index contributed by atoms with van der Waals surface area (Å²) in [6.07, 6.45) is 5.11. The van der Waals surface area contributed by atoms with Crippen LogP contribution in [0.25, 0.3) is 21.6 Å². The Kier molecular flexibility index (Phi) is 8.80. The molecule has 1 fully saturated rings. The number of urea groups is 1. The molecule has 1 aliphatic rings. The second-order valence-electron chi connectivity index (χ2n) is 11.0. The first-order chi connectivity index (χ1) is 22.0. The summed E-state index contributed by atoms with van der Waals surface area (Å²) in [6, 6.07) is 19.8. The summed E-state index contributed by atoms with van der Waals surface area (Å²) in [5.41, 5.74) is 12.9. The zero-order valence-corrected chi connectivity index (χ0v) is 24.8. The van der Waals surface area contributed by atoms with E-state index in [2.05, 4.69) is 69.8 Å². The van der Waals surface area contributed by atoms with Crippen LogP contribution in [0.15, 0.2) is 84.6 Å². The Balaban J connectivity index is 1.29. The van der Waals surface area contributed by atoms with Gasteiger partial charge in [-0.15, -0.1) is 5.10 Å². The molecular formula is C30H34N14O. The molecule has 0 bridgehead atoms. The fraction of sp³-hybridized carbons (Fsp3) is 0.333. The first-order valence-electron chi connectivity index (χ1n) is 14.8. The van der Waals surface area contributed by atoms with Crippen LogP contribution in [-0.4, -0.2) is 89.1 Å². The van der Waals surface area contributed by atoms with Gasteiger partial charge in [0, 0.05) is 37.6 Å². The van der Waals surface area contributed by atoms with Gasteiger partial charge in [0.2, 0.25) is 0 Å². The van der Waals surface area contributed by atoms with Gasteiger partial charge in [0.15, 0.2) is 11.1 Å². The summed E-state index contributed by atoms with van der Waals surface area (Å²) in [6.45, 7) is 4.84. The molecule has 15 nitrogen and oxygen atoms in total. The lowest BCUT2D eigenvalue weighted by Gasteiger charge is -2.42. The van der Waals surface area contributed by atoms with Crippen molar-refractivity contribution >= 4 is 17.2 Å². The predicted octanol–water partition coefficient (Wildman–Crippen LogP) is 3.24. The van der Waals surface area contributed by atoms with Crippen molar-refractivity contribution in [2.75, 3.05) is 32.7 Å². The summed E-state index contributed by atoms with van der Waals surface area (Å²) in [4.78, 5) is 31.4. The number of nitrogens with zero attached hydrogens (tertiary/aromatic N) is 11. The number of amides is 2. The highest BCUT2D eigenvalue weighted by atomic mass is 16.2. The molecule has 15 heteroatoms. The molecule has 5 aromatic rings. The highest BCUT2D eigenvalue weighted by molar-refractivity contribution is 5.74. The first kappa shape index (κ1) is 29.5. The van der Waals surface area contributed by atoms with E-state index in [4.69, 9.17) is 10.9 Å². The Bertz CT molecular complexity index is 1830. The second-order valence-corrected chi connectivity index (χ2v) is 11.0. The van der Waals surface area contributed by atoms with E-state index in [0.717, 1.165) is 16.8 Å². The quantitative estimate of drug-likeness (QED) is 0.124. The van der Waals surface area contributed by atoms with Crippen LogP contribution in [0.5, 0.6) is 0 Å². The lowest BCUT2D eigenvalue weighted by Crippen LogP contribution is -2.54. The lowest BCUT2D eigenvalue weighted by molar-refractivity contribution is 0.0874. The van der Waals surface area contributed by atoms with Crippen LogP contribution in [0.4, 0.5) is 4.79 Å². The molecule has 0 spiro atoms. The third kappa shape index (κ3) is 6.54. The standard InChI is InChI=1S/C30H34N14O/c1-21(37-39-32)16-33-30(45)42-14-12-41(13-15-42)26(22-8-4-2-5-9-22)27(23-10-6-3-7-11-23)44-18-24(38-40-44)17-43-20-36-28(31)25-29(43)35-19-34-25/h2-11,18-21,26-27,31H,12-17H2,1H3,(H,33,45)(H,34,35)/t21-,26+,27?/m1/s1. The summed E-state index contributed by atoms with van der Waals surface area (Å²) in [7, 11) is 0. The van der Waals surface area contributed by atoms with Gasteiger partial charge < -0.3 is 19.8 Å². The van der Waals surface area contributed by atoms with E-state index in [0.29, 0.717) is 43.9 Å². The van der Waals surface area contributed by atoms with E-state index in [-0.39, 0.29) is 36.2 Å². The van der Waals surface area contributed by atoms with E-state index in [1.807, 2.05) is 51.8 Å². The fourth-order valence-electron chi connectivity index (χ4n) is 5.79. The molecule has 0 radical (unpaired) electrons. The molecule has 3 aromatic heterocycles. The van der Waals surface area contributed by atoms with Crippen LogP contribution in [0.1, 0.15) is 35.8 Å². The first-order valence-corrected chi connectivity index (χ1v) is 14.8. The Morgan fingerprint density at radius 3 is 2.42 bits per heavy atom. The minimum atomic E-state index is -0.320. The van der Waals surface area contributed by atoms with Gasteiger partial charge in [-0.25, -0.2) is 19.4 Å². The fourth-order valence-corrected chi connectivity index (χ4v) is 5.79. The summed E-state index contributed by atoms with van der Waals surface area (Å²) >= 11 is 0. The van der Waals surface area contributed by atoms with Gasteiger partial charge in [-0.1, -0.05) is 77.9 Å². The van der Waals surface area contributed by atoms with Gasteiger partial charge in [0.05, 0.1) is 43.5 Å². The molecule has 3 atom stereocenters. The number of carbonyl (C=O) groups excluding carboxylic acids is 1. The summed E-state index contributed by atoms with van der Waals surface area (Å²) in [5, 5.41) is 23.8. The Morgan fingerprint density at radius 2 is 1.73 bits per heavy atom. The van der Waals surface area contributed by atoms with Gasteiger partial charge in [0.25, 0.3) is 0 Å². The van der Waals surface area contributed by atoms with E-state index < -0.39 is 0 Å². The van der Waals surface area contributed by atoms with Crippen molar-refractivity contribution in [2.24, 2.45) is 5.11 Å². The highest BCUT2D eigenvalue weighted by Crippen LogP contribution is 2.37. The molecule has 2 aromatic carbocycles. The van der Waals surface area contributed by atoms with Crippen LogP contribution in [-0.2, 0) is 6.54 Å². The second kappa shape index (κ2) is 13.4. The zero-order valence-electron chi connectivity index (χ0n) is 24.8. The van der Waals surface area contributed by atoms with Crippen molar-refractivity contribution in [2.45, 2.75) is 31.6 Å². The molecule has 1 unspecified atom stereocenters. The summed E-state index contributed by atoms with van der Waals surface area (Å²) < 4.78 is 3.77. The van der Waals surface area contributed by atoms with Crippen LogP contribution in [0.3, 0.4) is 0 Å². The summed E-state index contributed by atoms with van der Waals surface area (Å²) in [5.74, 6) is 0. The number of H-pyrrole nitrogens is 1. The number of benzene rings is 2. The molecule has 1 aliphatic heterocycles. The van der Waals surface area contributed by atoms with Crippen molar-refractivity contribution in [1.29, 1.82) is 5.41 Å². The molecule has 3 N–H and O–H groups in total. The number of nitrogens with one attached hydrogen (secondary N) is 3. The van der Waals surface area contributed by atoms with Crippen LogP contribution >= 0.6 is 0 Å². The average Bonchev–Trinajstić information content (AvgIpc) is 3.76. The number of hydrogen-bond donors (Lipinski definition) is 3. The number of carbonyl (C=O) groups is 1. The Morgan fingerprint density at radius 1 is 1.04 bits per heavy atom. The lowest BCUT2D eigenvalue weighted by atomic mass is 9.91. The Labute approximate surface area is 258 Å². The minimum Gasteiger partial charge on any atom is -0.340 e. The highest BCUT2D eigenvalue weighted by Gasteiger charge is 2.35. The van der Waals surface area contributed by atoms with Crippen LogP contribution < -0.4 is 10.8 Å². The molecule has 0 aliphatic carbocycles.